The zero-order valence-corrected chi connectivity index (χ0v) is 16.8. The fourth-order valence-electron chi connectivity index (χ4n) is 3.48. The minimum Gasteiger partial charge on any atom is -0.496 e. The summed E-state index contributed by atoms with van der Waals surface area (Å²) in [6.07, 6.45) is 0. The van der Waals surface area contributed by atoms with Crippen LogP contribution in [0.5, 0.6) is 5.75 Å². The van der Waals surface area contributed by atoms with E-state index in [9.17, 15) is 13.2 Å². The summed E-state index contributed by atoms with van der Waals surface area (Å²) in [4.78, 5) is 12.9. The van der Waals surface area contributed by atoms with Gasteiger partial charge in [-0.25, -0.2) is 8.42 Å². The van der Waals surface area contributed by atoms with Gasteiger partial charge in [-0.3, -0.25) is 4.79 Å². The van der Waals surface area contributed by atoms with Crippen LogP contribution in [-0.4, -0.2) is 38.8 Å². The number of rotatable bonds is 4. The Kier molecular flexibility index (Phi) is 5.26. The summed E-state index contributed by atoms with van der Waals surface area (Å²) in [5.74, 6) is 0.334. The number of carbonyl (C=O) groups is 1. The standard InChI is InChI=1S/C20H24N2O4S/c1-13-7-5-6-8-16(13)19-20(23)21-9-10-22(19)27(24,25)18-12-14(2)17(26-4)11-15(18)3/h5-8,11-12,19H,9-10H2,1-4H3,(H,21,23). The van der Waals surface area contributed by atoms with Gasteiger partial charge in [0.2, 0.25) is 15.9 Å². The monoisotopic (exact) mass is 388 g/mol. The lowest BCUT2D eigenvalue weighted by molar-refractivity contribution is -0.126. The average Bonchev–Trinajstić information content (AvgIpc) is 2.63. The van der Waals surface area contributed by atoms with Crippen molar-refractivity contribution >= 4 is 15.9 Å². The summed E-state index contributed by atoms with van der Waals surface area (Å²) in [6.45, 7) is 5.93. The van der Waals surface area contributed by atoms with Gasteiger partial charge in [0, 0.05) is 13.1 Å². The molecule has 0 saturated carbocycles. The molecule has 0 spiro atoms. The van der Waals surface area contributed by atoms with E-state index in [1.54, 1.807) is 39.2 Å². The van der Waals surface area contributed by atoms with E-state index in [1.165, 1.54) is 4.31 Å². The first kappa shape index (κ1) is 19.4. The Morgan fingerprint density at radius 2 is 1.78 bits per heavy atom. The van der Waals surface area contributed by atoms with Crippen molar-refractivity contribution in [1.29, 1.82) is 0 Å². The normalized spacial score (nSPS) is 18.2. The Labute approximate surface area is 160 Å². The summed E-state index contributed by atoms with van der Waals surface area (Å²) in [7, 11) is -2.32. The molecule has 1 heterocycles. The zero-order chi connectivity index (χ0) is 19.8. The number of hydrogen-bond donors (Lipinski definition) is 1. The van der Waals surface area contributed by atoms with Crippen LogP contribution in [0.25, 0.3) is 0 Å². The summed E-state index contributed by atoms with van der Waals surface area (Å²) in [5, 5.41) is 2.79. The highest BCUT2D eigenvalue weighted by Crippen LogP contribution is 2.34. The van der Waals surface area contributed by atoms with Crippen molar-refractivity contribution < 1.29 is 17.9 Å². The van der Waals surface area contributed by atoms with Crippen LogP contribution < -0.4 is 10.1 Å². The Morgan fingerprint density at radius 1 is 1.07 bits per heavy atom. The smallest absolute Gasteiger partial charge is 0.244 e. The quantitative estimate of drug-likeness (QED) is 0.873. The maximum Gasteiger partial charge on any atom is 0.244 e. The van der Waals surface area contributed by atoms with Gasteiger partial charge in [-0.15, -0.1) is 0 Å². The minimum absolute atomic E-state index is 0.203. The molecule has 7 heteroatoms. The molecule has 6 nitrogen and oxygen atoms in total. The fourth-order valence-corrected chi connectivity index (χ4v) is 5.34. The highest BCUT2D eigenvalue weighted by atomic mass is 32.2. The average molecular weight is 388 g/mol. The van der Waals surface area contributed by atoms with E-state index in [4.69, 9.17) is 4.74 Å². The van der Waals surface area contributed by atoms with Crippen molar-refractivity contribution in [2.45, 2.75) is 31.7 Å². The van der Waals surface area contributed by atoms with Gasteiger partial charge in [0.15, 0.2) is 0 Å². The highest BCUT2D eigenvalue weighted by molar-refractivity contribution is 7.89. The van der Waals surface area contributed by atoms with Crippen molar-refractivity contribution in [3.63, 3.8) is 0 Å². The van der Waals surface area contributed by atoms with Gasteiger partial charge in [-0.05, 0) is 55.2 Å². The second-order valence-electron chi connectivity index (χ2n) is 6.75. The molecule has 0 aromatic heterocycles. The van der Waals surface area contributed by atoms with Crippen LogP contribution in [0.15, 0.2) is 41.3 Å². The Hall–Kier alpha value is -2.38. The first-order valence-corrected chi connectivity index (χ1v) is 10.2. The summed E-state index contributed by atoms with van der Waals surface area (Å²) in [6, 6.07) is 9.82. The predicted molar refractivity (Wildman–Crippen MR) is 103 cm³/mol. The molecule has 1 amide bonds. The Bertz CT molecular complexity index is 985. The van der Waals surface area contributed by atoms with E-state index in [0.29, 0.717) is 16.9 Å². The van der Waals surface area contributed by atoms with E-state index in [-0.39, 0.29) is 23.9 Å². The molecule has 144 valence electrons. The molecule has 0 radical (unpaired) electrons. The van der Waals surface area contributed by atoms with E-state index in [2.05, 4.69) is 5.32 Å². The predicted octanol–water partition coefficient (Wildman–Crippen LogP) is 2.48. The van der Waals surface area contributed by atoms with Gasteiger partial charge in [0.05, 0.1) is 12.0 Å². The number of ether oxygens (including phenoxy) is 1. The molecule has 0 bridgehead atoms. The lowest BCUT2D eigenvalue weighted by atomic mass is 9.99. The van der Waals surface area contributed by atoms with E-state index >= 15 is 0 Å². The van der Waals surface area contributed by atoms with Gasteiger partial charge in [0.25, 0.3) is 0 Å². The Morgan fingerprint density at radius 3 is 2.44 bits per heavy atom. The number of aryl methyl sites for hydroxylation is 3. The number of amides is 1. The van der Waals surface area contributed by atoms with Crippen LogP contribution in [0.2, 0.25) is 0 Å². The van der Waals surface area contributed by atoms with Gasteiger partial charge < -0.3 is 10.1 Å². The highest BCUT2D eigenvalue weighted by Gasteiger charge is 2.40. The minimum atomic E-state index is -3.87. The number of benzene rings is 2. The number of nitrogens with zero attached hydrogens (tertiary/aromatic N) is 1. The van der Waals surface area contributed by atoms with Gasteiger partial charge >= 0.3 is 0 Å². The molecule has 0 aliphatic carbocycles. The van der Waals surface area contributed by atoms with Crippen molar-refractivity contribution in [3.05, 3.63) is 58.7 Å². The van der Waals surface area contributed by atoms with Crippen LogP contribution in [-0.2, 0) is 14.8 Å². The largest absolute Gasteiger partial charge is 0.496 e. The summed E-state index contributed by atoms with van der Waals surface area (Å²) in [5.41, 5.74) is 2.89. The Balaban J connectivity index is 2.13. The van der Waals surface area contributed by atoms with Crippen LogP contribution in [0, 0.1) is 20.8 Å². The van der Waals surface area contributed by atoms with Gasteiger partial charge in [0.1, 0.15) is 11.8 Å². The van der Waals surface area contributed by atoms with Crippen LogP contribution in [0.1, 0.15) is 28.3 Å². The molecular weight excluding hydrogens is 364 g/mol. The van der Waals surface area contributed by atoms with Crippen LogP contribution in [0.3, 0.4) is 0 Å². The van der Waals surface area contributed by atoms with Gasteiger partial charge in [-0.2, -0.15) is 4.31 Å². The molecule has 2 aromatic rings. The number of carbonyl (C=O) groups excluding carboxylic acids is 1. The SMILES string of the molecule is COc1cc(C)c(S(=O)(=O)N2CCNC(=O)C2c2ccccc2C)cc1C. The molecule has 1 atom stereocenters. The van der Waals surface area contributed by atoms with Crippen LogP contribution >= 0.6 is 0 Å². The first-order chi connectivity index (χ1) is 12.8. The van der Waals surface area contributed by atoms with Crippen molar-refractivity contribution in [1.82, 2.24) is 9.62 Å². The second kappa shape index (κ2) is 7.32. The first-order valence-electron chi connectivity index (χ1n) is 8.77. The summed E-state index contributed by atoms with van der Waals surface area (Å²) < 4.78 is 33.6. The topological polar surface area (TPSA) is 75.7 Å². The lowest BCUT2D eigenvalue weighted by Crippen LogP contribution is -2.52. The molecular formula is C20H24N2O4S. The molecule has 1 saturated heterocycles. The van der Waals surface area contributed by atoms with Crippen molar-refractivity contribution in [3.8, 4) is 5.75 Å². The molecule has 1 aliphatic rings. The summed E-state index contributed by atoms with van der Waals surface area (Å²) >= 11 is 0. The molecule has 3 rings (SSSR count). The van der Waals surface area contributed by atoms with Crippen molar-refractivity contribution in [2.75, 3.05) is 20.2 Å². The molecule has 1 N–H and O–H groups in total. The van der Waals surface area contributed by atoms with E-state index < -0.39 is 16.1 Å². The fraction of sp³-hybridized carbons (Fsp3) is 0.350. The lowest BCUT2D eigenvalue weighted by Gasteiger charge is -2.35. The number of sulfonamides is 1. The third kappa shape index (κ3) is 3.44. The number of methoxy groups -OCH3 is 1. The zero-order valence-electron chi connectivity index (χ0n) is 15.9. The second-order valence-corrected chi connectivity index (χ2v) is 8.61. The molecule has 27 heavy (non-hydrogen) atoms. The van der Waals surface area contributed by atoms with Crippen molar-refractivity contribution in [2.24, 2.45) is 0 Å². The number of nitrogens with one attached hydrogen (secondary N) is 1. The maximum absolute atomic E-state index is 13.5. The molecule has 2 aromatic carbocycles. The third-order valence-electron chi connectivity index (χ3n) is 4.93. The number of piperazine rings is 1. The maximum atomic E-state index is 13.5. The third-order valence-corrected chi connectivity index (χ3v) is 6.94. The molecule has 1 aliphatic heterocycles. The molecule has 1 fully saturated rings. The van der Waals surface area contributed by atoms with Gasteiger partial charge in [-0.1, -0.05) is 24.3 Å². The number of hydrogen-bond acceptors (Lipinski definition) is 4. The molecule has 1 unspecified atom stereocenters. The van der Waals surface area contributed by atoms with E-state index in [1.807, 2.05) is 25.1 Å². The van der Waals surface area contributed by atoms with E-state index in [0.717, 1.165) is 11.1 Å². The van der Waals surface area contributed by atoms with Crippen LogP contribution in [0.4, 0.5) is 0 Å².